The van der Waals surface area contributed by atoms with Crippen molar-refractivity contribution in [1.29, 1.82) is 0 Å². The van der Waals surface area contributed by atoms with Gasteiger partial charge in [0.15, 0.2) is 0 Å². The standard InChI is InChI=1S/C19H39NO.C2H6/c1-2-3-4-5-6-7-8-9-10-11-12-13-14-15-16-17-18-19(20)21;1-2/h2-18H2,1H3,(H2,20,21);1-2H3. The van der Waals surface area contributed by atoms with Gasteiger partial charge in [-0.25, -0.2) is 0 Å². The second-order valence-electron chi connectivity index (χ2n) is 6.52. The third-order valence-electron chi connectivity index (χ3n) is 4.28. The van der Waals surface area contributed by atoms with Crippen LogP contribution in [0.15, 0.2) is 0 Å². The molecule has 2 heteroatoms. The van der Waals surface area contributed by atoms with Crippen molar-refractivity contribution < 1.29 is 4.79 Å². The number of amides is 1. The highest BCUT2D eigenvalue weighted by molar-refractivity contribution is 5.73. The molecule has 0 heterocycles. The summed E-state index contributed by atoms with van der Waals surface area (Å²) in [5.41, 5.74) is 5.11. The molecule has 0 rings (SSSR count). The number of carbonyl (C=O) groups is 1. The number of hydrogen-bond donors (Lipinski definition) is 1. The van der Waals surface area contributed by atoms with Crippen molar-refractivity contribution in [3.05, 3.63) is 0 Å². The first-order chi connectivity index (χ1) is 11.3. The number of primary amides is 1. The van der Waals surface area contributed by atoms with Crippen molar-refractivity contribution in [2.24, 2.45) is 5.73 Å². The molecular weight excluding hydrogens is 282 g/mol. The van der Waals surface area contributed by atoms with Gasteiger partial charge in [0.1, 0.15) is 0 Å². The molecule has 0 aliphatic heterocycles. The van der Waals surface area contributed by atoms with E-state index >= 15 is 0 Å². The largest absolute Gasteiger partial charge is 0.370 e. The monoisotopic (exact) mass is 327 g/mol. The SMILES string of the molecule is CC.CCCCCCCCCCCCCCCCCCC(N)=O. The lowest BCUT2D eigenvalue weighted by atomic mass is 10.0. The summed E-state index contributed by atoms with van der Waals surface area (Å²) in [5, 5.41) is 0. The smallest absolute Gasteiger partial charge is 0.217 e. The molecule has 0 unspecified atom stereocenters. The van der Waals surface area contributed by atoms with Crippen LogP contribution in [0.1, 0.15) is 130 Å². The van der Waals surface area contributed by atoms with Crippen molar-refractivity contribution in [3.63, 3.8) is 0 Å². The van der Waals surface area contributed by atoms with Gasteiger partial charge in [0.2, 0.25) is 5.91 Å². The molecular formula is C21H45NO. The van der Waals surface area contributed by atoms with Gasteiger partial charge in [0.05, 0.1) is 0 Å². The van der Waals surface area contributed by atoms with Crippen LogP contribution in [0, 0.1) is 0 Å². The molecule has 1 amide bonds. The number of rotatable bonds is 17. The molecule has 0 aromatic rings. The molecule has 140 valence electrons. The van der Waals surface area contributed by atoms with Crippen molar-refractivity contribution in [3.8, 4) is 0 Å². The quantitative estimate of drug-likeness (QED) is 0.283. The summed E-state index contributed by atoms with van der Waals surface area (Å²) in [6, 6.07) is 0. The Kier molecular flexibility index (Phi) is 25.5. The molecule has 0 radical (unpaired) electrons. The minimum atomic E-state index is -0.152. The molecule has 2 nitrogen and oxygen atoms in total. The first kappa shape index (κ1) is 24.7. The number of carbonyl (C=O) groups excluding carboxylic acids is 1. The van der Waals surface area contributed by atoms with Gasteiger partial charge in [-0.3, -0.25) is 4.79 Å². The summed E-state index contributed by atoms with van der Waals surface area (Å²) in [5.74, 6) is -0.152. The van der Waals surface area contributed by atoms with E-state index in [0.717, 1.165) is 6.42 Å². The Morgan fingerprint density at radius 1 is 0.565 bits per heavy atom. The van der Waals surface area contributed by atoms with E-state index in [1.54, 1.807) is 0 Å². The fourth-order valence-electron chi connectivity index (χ4n) is 2.85. The molecule has 0 fully saturated rings. The Balaban J connectivity index is 0. The maximum atomic E-state index is 10.6. The van der Waals surface area contributed by atoms with Crippen molar-refractivity contribution >= 4 is 5.91 Å². The van der Waals surface area contributed by atoms with Gasteiger partial charge in [-0.2, -0.15) is 0 Å². The van der Waals surface area contributed by atoms with Crippen molar-refractivity contribution in [1.82, 2.24) is 0 Å². The molecule has 0 bridgehead atoms. The molecule has 0 aromatic carbocycles. The summed E-state index contributed by atoms with van der Waals surface area (Å²) in [4.78, 5) is 10.6. The summed E-state index contributed by atoms with van der Waals surface area (Å²) >= 11 is 0. The average molecular weight is 328 g/mol. The van der Waals surface area contributed by atoms with Gasteiger partial charge in [0, 0.05) is 6.42 Å². The summed E-state index contributed by atoms with van der Waals surface area (Å²) in [6.07, 6.45) is 22.4. The number of unbranched alkanes of at least 4 members (excludes halogenated alkanes) is 15. The van der Waals surface area contributed by atoms with Crippen LogP contribution in [0.4, 0.5) is 0 Å². The fraction of sp³-hybridized carbons (Fsp3) is 0.952. The summed E-state index contributed by atoms with van der Waals surface area (Å²) in [6.45, 7) is 6.28. The number of nitrogens with two attached hydrogens (primary N) is 1. The van der Waals surface area contributed by atoms with E-state index < -0.39 is 0 Å². The second-order valence-corrected chi connectivity index (χ2v) is 6.52. The third kappa shape index (κ3) is 26.7. The zero-order chi connectivity index (χ0) is 17.6. The molecule has 0 spiro atoms. The molecule has 0 aliphatic carbocycles. The van der Waals surface area contributed by atoms with E-state index in [1.165, 1.54) is 96.3 Å². The molecule has 23 heavy (non-hydrogen) atoms. The van der Waals surface area contributed by atoms with Gasteiger partial charge in [-0.1, -0.05) is 117 Å². The first-order valence-electron chi connectivity index (χ1n) is 10.6. The van der Waals surface area contributed by atoms with E-state index in [2.05, 4.69) is 6.92 Å². The highest BCUT2D eigenvalue weighted by Gasteiger charge is 1.96. The van der Waals surface area contributed by atoms with Crippen LogP contribution in [0.5, 0.6) is 0 Å². The fourth-order valence-corrected chi connectivity index (χ4v) is 2.85. The molecule has 0 atom stereocenters. The minimum absolute atomic E-state index is 0.152. The topological polar surface area (TPSA) is 43.1 Å². The molecule has 0 aromatic heterocycles. The van der Waals surface area contributed by atoms with Gasteiger partial charge in [-0.05, 0) is 6.42 Å². The maximum Gasteiger partial charge on any atom is 0.217 e. The summed E-state index contributed by atoms with van der Waals surface area (Å²) in [7, 11) is 0. The highest BCUT2D eigenvalue weighted by Crippen LogP contribution is 2.13. The van der Waals surface area contributed by atoms with Gasteiger partial charge in [0.25, 0.3) is 0 Å². The van der Waals surface area contributed by atoms with Crippen LogP contribution in [-0.4, -0.2) is 5.91 Å². The zero-order valence-electron chi connectivity index (χ0n) is 16.5. The van der Waals surface area contributed by atoms with Crippen molar-refractivity contribution in [2.45, 2.75) is 130 Å². The second kappa shape index (κ2) is 23.7. The van der Waals surface area contributed by atoms with Gasteiger partial charge in [-0.15, -0.1) is 0 Å². The van der Waals surface area contributed by atoms with E-state index in [1.807, 2.05) is 13.8 Å². The Labute approximate surface area is 147 Å². The lowest BCUT2D eigenvalue weighted by Crippen LogP contribution is -2.09. The van der Waals surface area contributed by atoms with Gasteiger partial charge < -0.3 is 5.73 Å². The predicted octanol–water partition coefficient (Wildman–Crippen LogP) is 7.15. The normalized spacial score (nSPS) is 10.2. The summed E-state index contributed by atoms with van der Waals surface area (Å²) < 4.78 is 0. The molecule has 0 aliphatic rings. The maximum absolute atomic E-state index is 10.6. The van der Waals surface area contributed by atoms with Crippen LogP contribution >= 0.6 is 0 Å². The van der Waals surface area contributed by atoms with Crippen LogP contribution in [0.2, 0.25) is 0 Å². The van der Waals surface area contributed by atoms with Gasteiger partial charge >= 0.3 is 0 Å². The van der Waals surface area contributed by atoms with Crippen LogP contribution in [0.25, 0.3) is 0 Å². The highest BCUT2D eigenvalue weighted by atomic mass is 16.1. The number of hydrogen-bond acceptors (Lipinski definition) is 1. The Bertz CT molecular complexity index is 216. The lowest BCUT2D eigenvalue weighted by Gasteiger charge is -2.03. The van der Waals surface area contributed by atoms with E-state index in [0.29, 0.717) is 6.42 Å². The van der Waals surface area contributed by atoms with Crippen LogP contribution in [0.3, 0.4) is 0 Å². The Hall–Kier alpha value is -0.530. The lowest BCUT2D eigenvalue weighted by molar-refractivity contribution is -0.118. The first-order valence-corrected chi connectivity index (χ1v) is 10.6. The Morgan fingerprint density at radius 2 is 0.826 bits per heavy atom. The molecule has 0 saturated carbocycles. The van der Waals surface area contributed by atoms with E-state index in [4.69, 9.17) is 5.73 Å². The average Bonchev–Trinajstić information content (AvgIpc) is 2.56. The predicted molar refractivity (Wildman–Crippen MR) is 105 cm³/mol. The van der Waals surface area contributed by atoms with Crippen LogP contribution < -0.4 is 5.73 Å². The Morgan fingerprint density at radius 3 is 1.09 bits per heavy atom. The van der Waals surface area contributed by atoms with Crippen molar-refractivity contribution in [2.75, 3.05) is 0 Å². The third-order valence-corrected chi connectivity index (χ3v) is 4.28. The van der Waals surface area contributed by atoms with E-state index in [-0.39, 0.29) is 5.91 Å². The minimum Gasteiger partial charge on any atom is -0.370 e. The van der Waals surface area contributed by atoms with E-state index in [9.17, 15) is 4.79 Å². The molecule has 0 saturated heterocycles. The zero-order valence-corrected chi connectivity index (χ0v) is 16.5. The molecule has 2 N–H and O–H groups in total. The van der Waals surface area contributed by atoms with Crippen LogP contribution in [-0.2, 0) is 4.79 Å².